The lowest BCUT2D eigenvalue weighted by molar-refractivity contribution is 0.0695. The fraction of sp³-hybridized carbons (Fsp3) is 0.600. The van der Waals surface area contributed by atoms with Crippen LogP contribution in [0.15, 0.2) is 6.20 Å². The molecule has 0 saturated carbocycles. The number of nitrogens with one attached hydrogen (secondary N) is 2. The fourth-order valence-electron chi connectivity index (χ4n) is 1.25. The highest BCUT2D eigenvalue weighted by Gasteiger charge is 2.11. The zero-order valence-corrected chi connectivity index (χ0v) is 9.33. The van der Waals surface area contributed by atoms with Gasteiger partial charge in [-0.1, -0.05) is 0 Å². The molecule has 0 bridgehead atoms. The second-order valence-corrected chi connectivity index (χ2v) is 3.38. The quantitative estimate of drug-likeness (QED) is 0.759. The molecule has 0 radical (unpaired) electrons. The van der Waals surface area contributed by atoms with Crippen LogP contribution in [0, 0.1) is 6.92 Å². The molecule has 5 nitrogen and oxygen atoms in total. The van der Waals surface area contributed by atoms with E-state index in [1.165, 1.54) is 6.20 Å². The Bertz CT molecular complexity index is 322. The molecule has 0 saturated heterocycles. The normalized spacial score (nSPS) is 12.5. The Balaban J connectivity index is 2.40. The maximum Gasteiger partial charge on any atom is 0.254 e. The molecule has 0 fully saturated rings. The van der Waals surface area contributed by atoms with Crippen LogP contribution in [0.3, 0.4) is 0 Å². The van der Waals surface area contributed by atoms with Crippen LogP contribution in [0.25, 0.3) is 0 Å². The summed E-state index contributed by atoms with van der Waals surface area (Å²) in [5.41, 5.74) is 1.36. The molecule has 1 rings (SSSR count). The number of H-pyrrole nitrogens is 1. The first-order chi connectivity index (χ1) is 7.15. The van der Waals surface area contributed by atoms with E-state index in [2.05, 4.69) is 15.5 Å². The Kier molecular flexibility index (Phi) is 4.30. The van der Waals surface area contributed by atoms with Crippen LogP contribution >= 0.6 is 0 Å². The third-order valence-corrected chi connectivity index (χ3v) is 2.08. The first-order valence-corrected chi connectivity index (χ1v) is 5.05. The van der Waals surface area contributed by atoms with Crippen LogP contribution in [0.5, 0.6) is 0 Å². The highest BCUT2D eigenvalue weighted by atomic mass is 16.5. The number of carbonyl (C=O) groups is 1. The average Bonchev–Trinajstić information content (AvgIpc) is 2.61. The molecule has 1 atom stereocenters. The van der Waals surface area contributed by atoms with Crippen molar-refractivity contribution in [2.24, 2.45) is 0 Å². The molecule has 1 heterocycles. The maximum atomic E-state index is 11.6. The molecule has 0 aliphatic rings. The lowest BCUT2D eigenvalue weighted by atomic mass is 10.2. The molecule has 0 aromatic carbocycles. The topological polar surface area (TPSA) is 67.0 Å². The number of amides is 1. The summed E-state index contributed by atoms with van der Waals surface area (Å²) in [6, 6.07) is 0. The SMILES string of the molecule is CCOC(C)CNC(=O)c1cn[nH]c1C. The van der Waals surface area contributed by atoms with E-state index < -0.39 is 0 Å². The molecule has 5 heteroatoms. The number of ether oxygens (including phenoxy) is 1. The largest absolute Gasteiger partial charge is 0.377 e. The van der Waals surface area contributed by atoms with E-state index in [0.29, 0.717) is 18.7 Å². The van der Waals surface area contributed by atoms with Crippen molar-refractivity contribution in [1.29, 1.82) is 0 Å². The van der Waals surface area contributed by atoms with Gasteiger partial charge < -0.3 is 10.1 Å². The van der Waals surface area contributed by atoms with Gasteiger partial charge in [0.15, 0.2) is 0 Å². The predicted molar refractivity (Wildman–Crippen MR) is 56.7 cm³/mol. The Labute approximate surface area is 89.2 Å². The standard InChI is InChI=1S/C10H17N3O2/c1-4-15-7(2)5-11-10(14)9-6-12-13-8(9)3/h6-7H,4-5H2,1-3H3,(H,11,14)(H,12,13). The first kappa shape index (κ1) is 11.7. The number of nitrogens with zero attached hydrogens (tertiary/aromatic N) is 1. The van der Waals surface area contributed by atoms with Crippen LogP contribution in [0.2, 0.25) is 0 Å². The van der Waals surface area contributed by atoms with Gasteiger partial charge in [0.25, 0.3) is 5.91 Å². The number of hydrogen-bond donors (Lipinski definition) is 2. The van der Waals surface area contributed by atoms with E-state index in [4.69, 9.17) is 4.74 Å². The molecule has 1 aromatic heterocycles. The molecule has 1 amide bonds. The molecule has 1 unspecified atom stereocenters. The monoisotopic (exact) mass is 211 g/mol. The summed E-state index contributed by atoms with van der Waals surface area (Å²) in [6.07, 6.45) is 1.56. The summed E-state index contributed by atoms with van der Waals surface area (Å²) >= 11 is 0. The highest BCUT2D eigenvalue weighted by molar-refractivity contribution is 5.94. The van der Waals surface area contributed by atoms with Crippen LogP contribution in [-0.2, 0) is 4.74 Å². The van der Waals surface area contributed by atoms with Crippen molar-refractivity contribution >= 4 is 5.91 Å². The predicted octanol–water partition coefficient (Wildman–Crippen LogP) is 0.873. The number of aryl methyl sites for hydroxylation is 1. The molecular weight excluding hydrogens is 194 g/mol. The van der Waals surface area contributed by atoms with E-state index in [-0.39, 0.29) is 12.0 Å². The number of aromatic amines is 1. The van der Waals surface area contributed by atoms with Crippen molar-refractivity contribution < 1.29 is 9.53 Å². The van der Waals surface area contributed by atoms with Gasteiger partial charge in [0, 0.05) is 18.8 Å². The number of rotatable bonds is 5. The molecule has 2 N–H and O–H groups in total. The Morgan fingerprint density at radius 3 is 3.00 bits per heavy atom. The second kappa shape index (κ2) is 5.50. The summed E-state index contributed by atoms with van der Waals surface area (Å²) in [5.74, 6) is -0.118. The van der Waals surface area contributed by atoms with Gasteiger partial charge in [-0.3, -0.25) is 9.89 Å². The summed E-state index contributed by atoms with van der Waals surface area (Å²) in [5, 5.41) is 9.30. The summed E-state index contributed by atoms with van der Waals surface area (Å²) in [4.78, 5) is 11.6. The van der Waals surface area contributed by atoms with Gasteiger partial charge >= 0.3 is 0 Å². The van der Waals surface area contributed by atoms with Crippen molar-refractivity contribution in [3.8, 4) is 0 Å². The zero-order valence-electron chi connectivity index (χ0n) is 9.33. The van der Waals surface area contributed by atoms with E-state index in [9.17, 15) is 4.79 Å². The van der Waals surface area contributed by atoms with E-state index in [0.717, 1.165) is 5.69 Å². The van der Waals surface area contributed by atoms with Crippen LogP contribution in [0.4, 0.5) is 0 Å². The van der Waals surface area contributed by atoms with Crippen molar-refractivity contribution in [1.82, 2.24) is 15.5 Å². The molecular formula is C10H17N3O2. The van der Waals surface area contributed by atoms with E-state index in [1.54, 1.807) is 0 Å². The van der Waals surface area contributed by atoms with Crippen LogP contribution in [0.1, 0.15) is 29.9 Å². The summed E-state index contributed by atoms with van der Waals surface area (Å²) in [7, 11) is 0. The smallest absolute Gasteiger partial charge is 0.254 e. The van der Waals surface area contributed by atoms with E-state index >= 15 is 0 Å². The Morgan fingerprint density at radius 1 is 1.73 bits per heavy atom. The van der Waals surface area contributed by atoms with E-state index in [1.807, 2.05) is 20.8 Å². The van der Waals surface area contributed by atoms with Gasteiger partial charge in [-0.2, -0.15) is 5.10 Å². The first-order valence-electron chi connectivity index (χ1n) is 5.05. The molecule has 0 aliphatic heterocycles. The van der Waals surface area contributed by atoms with Crippen molar-refractivity contribution in [3.05, 3.63) is 17.5 Å². The molecule has 15 heavy (non-hydrogen) atoms. The fourth-order valence-corrected chi connectivity index (χ4v) is 1.25. The van der Waals surface area contributed by atoms with Crippen molar-refractivity contribution in [2.45, 2.75) is 26.9 Å². The van der Waals surface area contributed by atoms with Crippen LogP contribution in [-0.4, -0.2) is 35.4 Å². The van der Waals surface area contributed by atoms with Gasteiger partial charge in [-0.15, -0.1) is 0 Å². The van der Waals surface area contributed by atoms with Gasteiger partial charge in [-0.25, -0.2) is 0 Å². The third kappa shape index (κ3) is 3.36. The minimum Gasteiger partial charge on any atom is -0.377 e. The number of carbonyl (C=O) groups excluding carboxylic acids is 1. The lowest BCUT2D eigenvalue weighted by Gasteiger charge is -2.12. The Morgan fingerprint density at radius 2 is 2.47 bits per heavy atom. The molecule has 1 aromatic rings. The summed E-state index contributed by atoms with van der Waals surface area (Å²) < 4.78 is 5.30. The van der Waals surface area contributed by atoms with Crippen molar-refractivity contribution in [2.75, 3.05) is 13.2 Å². The molecule has 0 spiro atoms. The molecule has 84 valence electrons. The van der Waals surface area contributed by atoms with Gasteiger partial charge in [0.05, 0.1) is 17.9 Å². The minimum absolute atomic E-state index is 0.0335. The average molecular weight is 211 g/mol. The van der Waals surface area contributed by atoms with Gasteiger partial charge in [0.1, 0.15) is 0 Å². The maximum absolute atomic E-state index is 11.6. The van der Waals surface area contributed by atoms with Gasteiger partial charge in [0.2, 0.25) is 0 Å². The highest BCUT2D eigenvalue weighted by Crippen LogP contribution is 2.01. The number of hydrogen-bond acceptors (Lipinski definition) is 3. The summed E-state index contributed by atoms with van der Waals surface area (Å²) in [6.45, 7) is 6.83. The lowest BCUT2D eigenvalue weighted by Crippen LogP contribution is -2.32. The Hall–Kier alpha value is -1.36. The minimum atomic E-state index is -0.118. The van der Waals surface area contributed by atoms with Crippen molar-refractivity contribution in [3.63, 3.8) is 0 Å². The molecule has 0 aliphatic carbocycles. The third-order valence-electron chi connectivity index (χ3n) is 2.08. The van der Waals surface area contributed by atoms with Gasteiger partial charge in [-0.05, 0) is 20.8 Å². The zero-order chi connectivity index (χ0) is 11.3. The second-order valence-electron chi connectivity index (χ2n) is 3.38. The van der Waals surface area contributed by atoms with Crippen LogP contribution < -0.4 is 5.32 Å². The number of aromatic nitrogens is 2.